The minimum atomic E-state index is -0.0504. The van der Waals surface area contributed by atoms with Gasteiger partial charge in [-0.25, -0.2) is 4.79 Å². The highest BCUT2D eigenvalue weighted by atomic mass is 16.2. The lowest BCUT2D eigenvalue weighted by atomic mass is 10.1. The van der Waals surface area contributed by atoms with E-state index in [2.05, 4.69) is 15.7 Å². The van der Waals surface area contributed by atoms with Gasteiger partial charge in [0.15, 0.2) is 0 Å². The van der Waals surface area contributed by atoms with Crippen molar-refractivity contribution in [2.75, 3.05) is 19.6 Å². The van der Waals surface area contributed by atoms with E-state index in [1.54, 1.807) is 11.1 Å². The van der Waals surface area contributed by atoms with Crippen molar-refractivity contribution in [2.45, 2.75) is 38.8 Å². The molecule has 1 aromatic heterocycles. The number of hydrogen-bond donors (Lipinski definition) is 2. The fourth-order valence-corrected chi connectivity index (χ4v) is 2.55. The highest BCUT2D eigenvalue weighted by Gasteiger charge is 2.23. The van der Waals surface area contributed by atoms with E-state index < -0.39 is 0 Å². The quantitative estimate of drug-likeness (QED) is 0.780. The number of nitrogens with zero attached hydrogens (tertiary/aromatic N) is 3. The molecule has 1 fully saturated rings. The molecule has 1 atom stereocenters. The second-order valence-electron chi connectivity index (χ2n) is 5.34. The summed E-state index contributed by atoms with van der Waals surface area (Å²) in [6.07, 6.45) is 6.35. The average Bonchev–Trinajstić information content (AvgIpc) is 2.96. The van der Waals surface area contributed by atoms with Crippen molar-refractivity contribution in [3.8, 4) is 0 Å². The van der Waals surface area contributed by atoms with Crippen molar-refractivity contribution in [1.82, 2.24) is 25.3 Å². The molecule has 1 aromatic rings. The molecule has 21 heavy (non-hydrogen) atoms. The molecule has 3 amide bonds. The zero-order valence-electron chi connectivity index (χ0n) is 12.4. The number of aryl methyl sites for hydroxylation is 1. The van der Waals surface area contributed by atoms with Crippen molar-refractivity contribution in [3.63, 3.8) is 0 Å². The van der Waals surface area contributed by atoms with Gasteiger partial charge in [0.05, 0.1) is 0 Å². The van der Waals surface area contributed by atoms with Gasteiger partial charge in [-0.3, -0.25) is 9.48 Å². The van der Waals surface area contributed by atoms with Crippen molar-refractivity contribution >= 4 is 11.9 Å². The molecule has 2 heterocycles. The molecule has 0 spiro atoms. The van der Waals surface area contributed by atoms with Crippen molar-refractivity contribution in [2.24, 2.45) is 0 Å². The van der Waals surface area contributed by atoms with Gasteiger partial charge < -0.3 is 15.5 Å². The Morgan fingerprint density at radius 2 is 2.29 bits per heavy atom. The molecule has 0 radical (unpaired) electrons. The van der Waals surface area contributed by atoms with Crippen LogP contribution in [0, 0.1) is 0 Å². The molecule has 0 unspecified atom stereocenters. The van der Waals surface area contributed by atoms with E-state index in [4.69, 9.17) is 0 Å². The van der Waals surface area contributed by atoms with Crippen LogP contribution in [0.25, 0.3) is 0 Å². The van der Waals surface area contributed by atoms with E-state index in [0.717, 1.165) is 32.4 Å². The lowest BCUT2D eigenvalue weighted by molar-refractivity contribution is -0.119. The number of piperidine rings is 1. The van der Waals surface area contributed by atoms with Crippen LogP contribution in [0.2, 0.25) is 0 Å². The van der Waals surface area contributed by atoms with E-state index >= 15 is 0 Å². The summed E-state index contributed by atoms with van der Waals surface area (Å²) < 4.78 is 1.85. The molecule has 0 saturated carbocycles. The maximum atomic E-state index is 12.1. The average molecular weight is 293 g/mol. The molecule has 116 valence electrons. The van der Waals surface area contributed by atoms with Crippen LogP contribution < -0.4 is 10.6 Å². The number of urea groups is 1. The van der Waals surface area contributed by atoms with Gasteiger partial charge in [0.1, 0.15) is 0 Å². The Hall–Kier alpha value is -2.05. The van der Waals surface area contributed by atoms with Crippen LogP contribution in [-0.2, 0) is 11.3 Å². The molecule has 0 aromatic carbocycles. The molecule has 0 bridgehead atoms. The number of likely N-dealkylation sites (tertiary alicyclic amines) is 1. The third-order valence-electron chi connectivity index (χ3n) is 3.52. The Kier molecular flexibility index (Phi) is 5.59. The van der Waals surface area contributed by atoms with Gasteiger partial charge in [-0.1, -0.05) is 0 Å². The van der Waals surface area contributed by atoms with Gasteiger partial charge in [0.2, 0.25) is 5.91 Å². The summed E-state index contributed by atoms with van der Waals surface area (Å²) >= 11 is 0. The topological polar surface area (TPSA) is 79.3 Å². The summed E-state index contributed by atoms with van der Waals surface area (Å²) in [5, 5.41) is 9.92. The number of carbonyl (C=O) groups excluding carboxylic acids is 2. The maximum absolute atomic E-state index is 12.1. The predicted octanol–water partition coefficient (Wildman–Crippen LogP) is 0.583. The Morgan fingerprint density at radius 1 is 1.43 bits per heavy atom. The summed E-state index contributed by atoms with van der Waals surface area (Å²) in [6, 6.07) is 1.91. The summed E-state index contributed by atoms with van der Waals surface area (Å²) in [7, 11) is 0. The summed E-state index contributed by atoms with van der Waals surface area (Å²) in [5.41, 5.74) is 0. The molecule has 7 heteroatoms. The largest absolute Gasteiger partial charge is 0.352 e. The first-order valence-corrected chi connectivity index (χ1v) is 7.42. The number of amides is 3. The van der Waals surface area contributed by atoms with Crippen LogP contribution in [0.5, 0.6) is 0 Å². The molecule has 1 aliphatic heterocycles. The van der Waals surface area contributed by atoms with Gasteiger partial charge in [0.25, 0.3) is 0 Å². The molecule has 2 N–H and O–H groups in total. The predicted molar refractivity (Wildman–Crippen MR) is 78.7 cm³/mol. The van der Waals surface area contributed by atoms with Crippen LogP contribution in [0.15, 0.2) is 18.5 Å². The van der Waals surface area contributed by atoms with Crippen molar-refractivity contribution < 1.29 is 9.59 Å². The smallest absolute Gasteiger partial charge is 0.317 e. The molecule has 1 aliphatic rings. The van der Waals surface area contributed by atoms with Crippen LogP contribution in [-0.4, -0.2) is 52.3 Å². The number of aromatic nitrogens is 2. The van der Waals surface area contributed by atoms with E-state index in [9.17, 15) is 9.59 Å². The Balaban J connectivity index is 1.66. The number of rotatable bonds is 5. The van der Waals surface area contributed by atoms with E-state index in [1.165, 1.54) is 6.92 Å². The summed E-state index contributed by atoms with van der Waals surface area (Å²) in [6.45, 7) is 4.27. The highest BCUT2D eigenvalue weighted by Crippen LogP contribution is 2.10. The lowest BCUT2D eigenvalue weighted by Gasteiger charge is -2.33. The Bertz CT molecular complexity index is 460. The molecule has 0 aliphatic carbocycles. The SMILES string of the molecule is CC(=O)N[C@H]1CCCN(C(=O)NCCCn2cccn2)C1. The van der Waals surface area contributed by atoms with Gasteiger partial charge in [-0.05, 0) is 25.3 Å². The zero-order valence-corrected chi connectivity index (χ0v) is 12.4. The molecule has 7 nitrogen and oxygen atoms in total. The Morgan fingerprint density at radius 3 is 3.00 bits per heavy atom. The number of carbonyl (C=O) groups is 2. The van der Waals surface area contributed by atoms with Crippen LogP contribution in [0.3, 0.4) is 0 Å². The number of hydrogen-bond acceptors (Lipinski definition) is 3. The molecular weight excluding hydrogens is 270 g/mol. The minimum absolute atomic E-state index is 0.0403. The second-order valence-corrected chi connectivity index (χ2v) is 5.34. The Labute approximate surface area is 124 Å². The van der Waals surface area contributed by atoms with Gasteiger partial charge in [-0.2, -0.15) is 5.10 Å². The van der Waals surface area contributed by atoms with E-state index in [1.807, 2.05) is 16.9 Å². The number of nitrogens with one attached hydrogen (secondary N) is 2. The first-order valence-electron chi connectivity index (χ1n) is 7.42. The van der Waals surface area contributed by atoms with E-state index in [-0.39, 0.29) is 18.0 Å². The van der Waals surface area contributed by atoms with Gasteiger partial charge >= 0.3 is 6.03 Å². The molecular formula is C14H23N5O2. The maximum Gasteiger partial charge on any atom is 0.317 e. The van der Waals surface area contributed by atoms with Crippen LogP contribution in [0.1, 0.15) is 26.2 Å². The van der Waals surface area contributed by atoms with Crippen molar-refractivity contribution in [3.05, 3.63) is 18.5 Å². The van der Waals surface area contributed by atoms with E-state index in [0.29, 0.717) is 13.1 Å². The standard InChI is InChI=1S/C14H23N5O2/c1-12(20)17-13-5-2-8-18(11-13)14(21)15-6-3-9-19-10-4-7-16-19/h4,7,10,13H,2-3,5-6,8-9,11H2,1H3,(H,15,21)(H,17,20)/t13-/m0/s1. The normalized spacial score (nSPS) is 18.3. The summed E-state index contributed by atoms with van der Waals surface area (Å²) in [5.74, 6) is -0.0403. The van der Waals surface area contributed by atoms with Crippen molar-refractivity contribution in [1.29, 1.82) is 0 Å². The third kappa shape index (κ3) is 5.09. The lowest BCUT2D eigenvalue weighted by Crippen LogP contribution is -2.52. The van der Waals surface area contributed by atoms with Gasteiger partial charge in [-0.15, -0.1) is 0 Å². The fraction of sp³-hybridized carbons (Fsp3) is 0.643. The van der Waals surface area contributed by atoms with Crippen LogP contribution in [0.4, 0.5) is 4.79 Å². The molecule has 2 rings (SSSR count). The first kappa shape index (κ1) is 15.3. The van der Waals surface area contributed by atoms with Gasteiger partial charge in [0, 0.05) is 51.5 Å². The third-order valence-corrected chi connectivity index (χ3v) is 3.52. The minimum Gasteiger partial charge on any atom is -0.352 e. The highest BCUT2D eigenvalue weighted by molar-refractivity contribution is 5.75. The second kappa shape index (κ2) is 7.66. The molecule has 1 saturated heterocycles. The summed E-state index contributed by atoms with van der Waals surface area (Å²) in [4.78, 5) is 24.9. The fourth-order valence-electron chi connectivity index (χ4n) is 2.55. The first-order chi connectivity index (χ1) is 10.1. The zero-order chi connectivity index (χ0) is 15.1. The monoisotopic (exact) mass is 293 g/mol. The van der Waals surface area contributed by atoms with Crippen LogP contribution >= 0.6 is 0 Å².